The van der Waals surface area contributed by atoms with Crippen molar-refractivity contribution in [2.24, 2.45) is 5.92 Å². The minimum absolute atomic E-state index is 0.0433. The topological polar surface area (TPSA) is 48.0 Å². The molecule has 0 radical (unpaired) electrons. The molecule has 4 rings (SSSR count). The Balaban J connectivity index is 1.39. The van der Waals surface area contributed by atoms with Crippen molar-refractivity contribution in [3.8, 4) is 5.75 Å². The number of carbonyl (C=O) groups excluding carboxylic acids is 1. The van der Waals surface area contributed by atoms with E-state index in [1.165, 1.54) is 12.8 Å². The highest BCUT2D eigenvalue weighted by molar-refractivity contribution is 5.79. The van der Waals surface area contributed by atoms with E-state index in [1.807, 2.05) is 29.2 Å². The fraction of sp³-hybridized carbons (Fsp3) is 0.650. The Labute approximate surface area is 149 Å². The highest BCUT2D eigenvalue weighted by Crippen LogP contribution is 2.34. The van der Waals surface area contributed by atoms with Gasteiger partial charge in [-0.05, 0) is 49.3 Å². The van der Waals surface area contributed by atoms with Gasteiger partial charge >= 0.3 is 0 Å². The van der Waals surface area contributed by atoms with Crippen molar-refractivity contribution >= 4 is 5.91 Å². The molecule has 1 saturated carbocycles. The van der Waals surface area contributed by atoms with Gasteiger partial charge in [0.15, 0.2) is 0 Å². The van der Waals surface area contributed by atoms with Gasteiger partial charge in [0.1, 0.15) is 11.9 Å². The van der Waals surface area contributed by atoms with Gasteiger partial charge in [-0.3, -0.25) is 4.79 Å². The third kappa shape index (κ3) is 3.82. The molecule has 0 N–H and O–H groups in total. The summed E-state index contributed by atoms with van der Waals surface area (Å²) in [7, 11) is 1.65. The van der Waals surface area contributed by atoms with Gasteiger partial charge in [-0.2, -0.15) is 0 Å². The van der Waals surface area contributed by atoms with Crippen molar-refractivity contribution < 1.29 is 19.0 Å². The molecule has 0 spiro atoms. The first-order valence-corrected chi connectivity index (χ1v) is 9.40. The first-order valence-electron chi connectivity index (χ1n) is 9.40. The number of methoxy groups -OCH3 is 1. The van der Waals surface area contributed by atoms with Crippen molar-refractivity contribution in [1.82, 2.24) is 4.90 Å². The quantitative estimate of drug-likeness (QED) is 0.794. The highest BCUT2D eigenvalue weighted by Gasteiger charge is 2.44. The number of carbonyl (C=O) groups is 1. The van der Waals surface area contributed by atoms with Crippen LogP contribution < -0.4 is 4.74 Å². The molecule has 0 unspecified atom stereocenters. The second kappa shape index (κ2) is 7.34. The molecular formula is C20H27NO4. The van der Waals surface area contributed by atoms with E-state index in [0.717, 1.165) is 49.8 Å². The van der Waals surface area contributed by atoms with Crippen molar-refractivity contribution in [3.05, 3.63) is 29.8 Å². The molecule has 2 saturated heterocycles. The van der Waals surface area contributed by atoms with Crippen molar-refractivity contribution in [2.45, 2.75) is 50.4 Å². The van der Waals surface area contributed by atoms with Crippen LogP contribution in [0.15, 0.2) is 24.3 Å². The zero-order chi connectivity index (χ0) is 17.2. The highest BCUT2D eigenvalue weighted by atomic mass is 16.5. The summed E-state index contributed by atoms with van der Waals surface area (Å²) in [6.45, 7) is 2.35. The smallest absolute Gasteiger partial charge is 0.227 e. The van der Waals surface area contributed by atoms with Crippen molar-refractivity contribution in [2.75, 3.05) is 26.9 Å². The van der Waals surface area contributed by atoms with Crippen LogP contribution >= 0.6 is 0 Å². The third-order valence-electron chi connectivity index (χ3n) is 5.58. The molecule has 0 aromatic heterocycles. The van der Waals surface area contributed by atoms with Gasteiger partial charge in [-0.15, -0.1) is 0 Å². The van der Waals surface area contributed by atoms with Gasteiger partial charge in [0.25, 0.3) is 0 Å². The number of rotatable bonds is 6. The molecule has 25 heavy (non-hydrogen) atoms. The maximum Gasteiger partial charge on any atom is 0.227 e. The second-order valence-electron chi connectivity index (χ2n) is 7.41. The third-order valence-corrected chi connectivity index (χ3v) is 5.58. The molecule has 3 atom stereocenters. The maximum absolute atomic E-state index is 12.9. The van der Waals surface area contributed by atoms with E-state index in [-0.39, 0.29) is 24.2 Å². The number of ether oxygens (including phenoxy) is 3. The zero-order valence-electron chi connectivity index (χ0n) is 14.9. The summed E-state index contributed by atoms with van der Waals surface area (Å²) >= 11 is 0. The SMILES string of the molecule is COc1cccc(CC(=O)N2CC[C@@H](OCC3CC3)[C@H]3OCC[C@@H]32)c1. The van der Waals surface area contributed by atoms with Crippen LogP contribution in [-0.2, 0) is 20.7 Å². The van der Waals surface area contributed by atoms with Crippen LogP contribution in [0.3, 0.4) is 0 Å². The van der Waals surface area contributed by atoms with Crippen molar-refractivity contribution in [1.29, 1.82) is 0 Å². The lowest BCUT2D eigenvalue weighted by Crippen LogP contribution is -2.55. The number of amides is 1. The lowest BCUT2D eigenvalue weighted by Gasteiger charge is -2.41. The molecule has 5 nitrogen and oxygen atoms in total. The summed E-state index contributed by atoms with van der Waals surface area (Å²) in [6.07, 6.45) is 4.99. The Morgan fingerprint density at radius 2 is 2.16 bits per heavy atom. The first kappa shape index (κ1) is 16.9. The van der Waals surface area contributed by atoms with Crippen LogP contribution in [-0.4, -0.2) is 55.9 Å². The minimum atomic E-state index is 0.0433. The number of hydrogen-bond acceptors (Lipinski definition) is 4. The number of nitrogens with zero attached hydrogens (tertiary/aromatic N) is 1. The van der Waals surface area contributed by atoms with Gasteiger partial charge in [0, 0.05) is 19.8 Å². The molecule has 3 aliphatic rings. The molecule has 1 aliphatic carbocycles. The standard InChI is InChI=1S/C20H27NO4/c1-23-16-4-2-3-15(11-16)12-19(22)21-9-7-18(25-13-14-5-6-14)20-17(21)8-10-24-20/h2-4,11,14,17-18,20H,5-10,12-13H2,1H3/t17-,18+,20-/m0/s1. The average Bonchev–Trinajstić information content (AvgIpc) is 3.33. The summed E-state index contributed by atoms with van der Waals surface area (Å²) in [5, 5.41) is 0. The van der Waals surface area contributed by atoms with E-state index < -0.39 is 0 Å². The summed E-state index contributed by atoms with van der Waals surface area (Å²) in [5.41, 5.74) is 0.993. The monoisotopic (exact) mass is 345 g/mol. The van der Waals surface area contributed by atoms with Crippen LogP contribution in [0.2, 0.25) is 0 Å². The Morgan fingerprint density at radius 1 is 1.28 bits per heavy atom. The van der Waals surface area contributed by atoms with Gasteiger partial charge < -0.3 is 19.1 Å². The lowest BCUT2D eigenvalue weighted by atomic mass is 9.94. The van der Waals surface area contributed by atoms with Crippen LogP contribution in [0.4, 0.5) is 0 Å². The average molecular weight is 345 g/mol. The number of benzene rings is 1. The lowest BCUT2D eigenvalue weighted by molar-refractivity contribution is -0.145. The van der Waals surface area contributed by atoms with Gasteiger partial charge in [-0.1, -0.05) is 12.1 Å². The fourth-order valence-corrected chi connectivity index (χ4v) is 3.98. The zero-order valence-corrected chi connectivity index (χ0v) is 14.9. The van der Waals surface area contributed by atoms with Gasteiger partial charge in [0.05, 0.1) is 25.7 Å². The fourth-order valence-electron chi connectivity index (χ4n) is 3.98. The largest absolute Gasteiger partial charge is 0.497 e. The molecule has 3 fully saturated rings. The Morgan fingerprint density at radius 3 is 2.96 bits per heavy atom. The molecule has 1 aromatic carbocycles. The Bertz CT molecular complexity index is 615. The number of piperidine rings is 1. The van der Waals surface area contributed by atoms with E-state index in [2.05, 4.69) is 0 Å². The summed E-state index contributed by atoms with van der Waals surface area (Å²) in [6, 6.07) is 7.91. The van der Waals surface area contributed by atoms with Crippen LogP contribution in [0.5, 0.6) is 5.75 Å². The molecule has 0 bridgehead atoms. The second-order valence-corrected chi connectivity index (χ2v) is 7.41. The molecular weight excluding hydrogens is 318 g/mol. The van der Waals surface area contributed by atoms with Gasteiger partial charge in [0.2, 0.25) is 5.91 Å². The van der Waals surface area contributed by atoms with Gasteiger partial charge in [-0.25, -0.2) is 0 Å². The summed E-state index contributed by atoms with van der Waals surface area (Å²) < 4.78 is 17.3. The molecule has 136 valence electrons. The molecule has 2 heterocycles. The molecule has 1 aromatic rings. The number of likely N-dealkylation sites (tertiary alicyclic amines) is 1. The summed E-state index contributed by atoms with van der Waals surface area (Å²) in [5.74, 6) is 1.72. The Kier molecular flexibility index (Phi) is 4.95. The molecule has 2 aliphatic heterocycles. The number of hydrogen-bond donors (Lipinski definition) is 0. The number of fused-ring (bicyclic) bond motifs is 1. The predicted molar refractivity (Wildman–Crippen MR) is 93.6 cm³/mol. The Hall–Kier alpha value is -1.59. The normalized spacial score (nSPS) is 28.7. The molecule has 5 heteroatoms. The van der Waals surface area contributed by atoms with Crippen LogP contribution in [0.25, 0.3) is 0 Å². The van der Waals surface area contributed by atoms with E-state index in [9.17, 15) is 4.79 Å². The first-order chi connectivity index (χ1) is 12.2. The van der Waals surface area contributed by atoms with Crippen LogP contribution in [0, 0.1) is 5.92 Å². The van der Waals surface area contributed by atoms with Crippen molar-refractivity contribution in [3.63, 3.8) is 0 Å². The minimum Gasteiger partial charge on any atom is -0.497 e. The predicted octanol–water partition coefficient (Wildman–Crippen LogP) is 2.42. The van der Waals surface area contributed by atoms with E-state index >= 15 is 0 Å². The van der Waals surface area contributed by atoms with E-state index in [4.69, 9.17) is 14.2 Å². The van der Waals surface area contributed by atoms with E-state index in [0.29, 0.717) is 6.42 Å². The van der Waals surface area contributed by atoms with E-state index in [1.54, 1.807) is 7.11 Å². The summed E-state index contributed by atoms with van der Waals surface area (Å²) in [4.78, 5) is 14.9. The van der Waals surface area contributed by atoms with Crippen LogP contribution in [0.1, 0.15) is 31.2 Å². The maximum atomic E-state index is 12.9. The molecule has 1 amide bonds.